The second-order valence-corrected chi connectivity index (χ2v) is 6.03. The molecule has 1 aromatic heterocycles. The predicted octanol–water partition coefficient (Wildman–Crippen LogP) is 3.67. The molecule has 1 heterocycles. The van der Waals surface area contributed by atoms with E-state index in [-0.39, 0.29) is 5.97 Å². The molecule has 9 heteroatoms. The molecule has 0 saturated heterocycles. The summed E-state index contributed by atoms with van der Waals surface area (Å²) in [5, 5.41) is 6.48. The van der Waals surface area contributed by atoms with E-state index in [9.17, 15) is 4.79 Å². The molecule has 0 aliphatic carbocycles. The fraction of sp³-hybridized carbons (Fsp3) is 0.500. The first-order chi connectivity index (χ1) is 9.10. The lowest BCUT2D eigenvalue weighted by molar-refractivity contribution is -0.143. The summed E-state index contributed by atoms with van der Waals surface area (Å²) in [7, 11) is 1.33. The van der Waals surface area contributed by atoms with Crippen LogP contribution in [0.2, 0.25) is 4.34 Å². The molecule has 0 aliphatic heterocycles. The number of hydrogen-bond acceptors (Lipinski definition) is 5. The zero-order chi connectivity index (χ0) is 14.3. The highest BCUT2D eigenvalue weighted by molar-refractivity contribution is 9.10. The summed E-state index contributed by atoms with van der Waals surface area (Å²) < 4.78 is 6.09. The van der Waals surface area contributed by atoms with E-state index in [0.29, 0.717) is 23.8 Å². The molecule has 0 radical (unpaired) electrons. The molecule has 0 spiro atoms. The number of methoxy groups -OCH3 is 1. The van der Waals surface area contributed by atoms with Gasteiger partial charge < -0.3 is 10.1 Å². The number of carbonyl (C=O) groups excluding carboxylic acids is 1. The second-order valence-electron chi connectivity index (χ2n) is 3.49. The van der Waals surface area contributed by atoms with E-state index in [1.54, 1.807) is 6.07 Å². The van der Waals surface area contributed by atoms with Crippen LogP contribution < -0.4 is 5.32 Å². The quantitative estimate of drug-likeness (QED) is 0.262. The van der Waals surface area contributed by atoms with Gasteiger partial charge in [-0.2, -0.15) is 0 Å². The van der Waals surface area contributed by atoms with Gasteiger partial charge in [0.05, 0.1) is 7.11 Å². The molecule has 19 heavy (non-hydrogen) atoms. The first-order valence-electron chi connectivity index (χ1n) is 5.37. The van der Waals surface area contributed by atoms with Gasteiger partial charge >= 0.3 is 5.97 Å². The highest BCUT2D eigenvalue weighted by Gasteiger charge is 2.23. The van der Waals surface area contributed by atoms with Gasteiger partial charge in [-0.15, -0.1) is 11.3 Å². The van der Waals surface area contributed by atoms with Gasteiger partial charge in [0.1, 0.15) is 10.4 Å². The van der Waals surface area contributed by atoms with Crippen molar-refractivity contribution in [3.05, 3.63) is 30.2 Å². The third-order valence-electron chi connectivity index (χ3n) is 2.23. The molecule has 1 atom stereocenters. The molecule has 0 aliphatic rings. The summed E-state index contributed by atoms with van der Waals surface area (Å²) in [4.78, 5) is 15.2. The van der Waals surface area contributed by atoms with Crippen LogP contribution in [0.1, 0.15) is 17.3 Å². The zero-order valence-corrected chi connectivity index (χ0v) is 13.3. The van der Waals surface area contributed by atoms with Gasteiger partial charge in [0.15, 0.2) is 0 Å². The topological polar surface area (TPSA) is 87.1 Å². The minimum absolute atomic E-state index is 0.380. The molecule has 1 rings (SSSR count). The van der Waals surface area contributed by atoms with Crippen molar-refractivity contribution in [3.8, 4) is 0 Å². The van der Waals surface area contributed by atoms with Crippen LogP contribution in [0.3, 0.4) is 0 Å². The fourth-order valence-corrected chi connectivity index (χ4v) is 3.16. The Morgan fingerprint density at radius 3 is 3.05 bits per heavy atom. The molecule has 1 aromatic rings. The highest BCUT2D eigenvalue weighted by atomic mass is 79.9. The molecule has 0 bridgehead atoms. The Morgan fingerprint density at radius 2 is 2.53 bits per heavy atom. The largest absolute Gasteiger partial charge is 0.468 e. The lowest BCUT2D eigenvalue weighted by Crippen LogP contribution is -2.30. The number of thiophene rings is 1. The fourth-order valence-electron chi connectivity index (χ4n) is 1.36. The Morgan fingerprint density at radius 1 is 1.79 bits per heavy atom. The number of nitrogens with zero attached hydrogens (tertiary/aromatic N) is 3. The Labute approximate surface area is 127 Å². The van der Waals surface area contributed by atoms with E-state index in [0.717, 1.165) is 9.35 Å². The molecular weight excluding hydrogens is 356 g/mol. The molecule has 6 nitrogen and oxygen atoms in total. The van der Waals surface area contributed by atoms with Crippen LogP contribution in [-0.4, -0.2) is 26.2 Å². The average molecular weight is 368 g/mol. The lowest BCUT2D eigenvalue weighted by atomic mass is 10.2. The Hall–Kier alpha value is -0.790. The molecule has 0 saturated carbocycles. The van der Waals surface area contributed by atoms with Gasteiger partial charge in [-0.25, -0.2) is 4.79 Å². The van der Waals surface area contributed by atoms with Gasteiger partial charge in [-0.05, 0) is 40.5 Å². The third-order valence-corrected chi connectivity index (χ3v) is 4.77. The van der Waals surface area contributed by atoms with Crippen molar-refractivity contribution in [1.82, 2.24) is 5.32 Å². The van der Waals surface area contributed by atoms with Crippen molar-refractivity contribution in [1.29, 1.82) is 0 Å². The number of halogens is 2. The first-order valence-corrected chi connectivity index (χ1v) is 7.35. The second kappa shape index (κ2) is 8.39. The van der Waals surface area contributed by atoms with Crippen LogP contribution >= 0.6 is 38.9 Å². The summed E-state index contributed by atoms with van der Waals surface area (Å²) in [5.41, 5.74) is 8.16. The number of esters is 1. The SMILES string of the molecule is COC(=O)C(NCCCN=[N+]=[N-])c1cc(Br)c(Cl)s1. The maximum atomic E-state index is 11.7. The van der Waals surface area contributed by atoms with E-state index >= 15 is 0 Å². The minimum atomic E-state index is -0.565. The average Bonchev–Trinajstić information content (AvgIpc) is 2.73. The van der Waals surface area contributed by atoms with Crippen LogP contribution in [0.5, 0.6) is 0 Å². The van der Waals surface area contributed by atoms with E-state index in [1.165, 1.54) is 18.4 Å². The van der Waals surface area contributed by atoms with E-state index in [1.807, 2.05) is 0 Å². The Balaban J connectivity index is 2.67. The number of carbonyl (C=O) groups is 1. The standard InChI is InChI=1S/C10H12BrClN4O2S/c1-18-10(17)8(14-3-2-4-15-16-13)7-5-6(11)9(12)19-7/h5,8,14H,2-4H2,1H3. The number of azide groups is 1. The third kappa shape index (κ3) is 5.00. The minimum Gasteiger partial charge on any atom is -0.468 e. The molecule has 0 fully saturated rings. The summed E-state index contributed by atoms with van der Waals surface area (Å²) in [6, 6.07) is 1.22. The predicted molar refractivity (Wildman–Crippen MR) is 78.4 cm³/mol. The van der Waals surface area contributed by atoms with Crippen LogP contribution in [0.15, 0.2) is 15.7 Å². The maximum Gasteiger partial charge on any atom is 0.328 e. The molecule has 1 N–H and O–H groups in total. The first kappa shape index (κ1) is 16.3. The maximum absolute atomic E-state index is 11.7. The van der Waals surface area contributed by atoms with E-state index < -0.39 is 6.04 Å². The lowest BCUT2D eigenvalue weighted by Gasteiger charge is -2.14. The Kier molecular flexibility index (Phi) is 7.19. The van der Waals surface area contributed by atoms with Crippen molar-refractivity contribution in [3.63, 3.8) is 0 Å². The summed E-state index contributed by atoms with van der Waals surface area (Å²) in [5.74, 6) is -0.380. The molecule has 0 aromatic carbocycles. The van der Waals surface area contributed by atoms with E-state index in [2.05, 4.69) is 31.3 Å². The highest BCUT2D eigenvalue weighted by Crippen LogP contribution is 2.35. The summed E-state index contributed by atoms with van der Waals surface area (Å²) in [6.07, 6.45) is 0.637. The van der Waals surface area contributed by atoms with Crippen LogP contribution in [0.4, 0.5) is 0 Å². The smallest absolute Gasteiger partial charge is 0.328 e. The van der Waals surface area contributed by atoms with Gasteiger partial charge in [0.25, 0.3) is 0 Å². The van der Waals surface area contributed by atoms with Crippen molar-refractivity contribution in [2.45, 2.75) is 12.5 Å². The van der Waals surface area contributed by atoms with Gasteiger partial charge in [-0.1, -0.05) is 16.7 Å². The summed E-state index contributed by atoms with van der Waals surface area (Å²) in [6.45, 7) is 0.915. The molecular formula is C10H12BrClN4O2S. The molecule has 104 valence electrons. The van der Waals surface area contributed by atoms with Gasteiger partial charge in [0, 0.05) is 20.8 Å². The van der Waals surface area contributed by atoms with Gasteiger partial charge in [-0.3, -0.25) is 0 Å². The van der Waals surface area contributed by atoms with Crippen molar-refractivity contribution in [2.75, 3.05) is 20.2 Å². The van der Waals surface area contributed by atoms with E-state index in [4.69, 9.17) is 21.9 Å². The number of ether oxygens (including phenoxy) is 1. The number of hydrogen-bond donors (Lipinski definition) is 1. The van der Waals surface area contributed by atoms with Gasteiger partial charge in [0.2, 0.25) is 0 Å². The number of nitrogens with one attached hydrogen (secondary N) is 1. The normalized spacial score (nSPS) is 11.7. The molecule has 1 unspecified atom stereocenters. The van der Waals surface area contributed by atoms with Crippen LogP contribution in [-0.2, 0) is 9.53 Å². The van der Waals surface area contributed by atoms with Crippen molar-refractivity contribution in [2.24, 2.45) is 5.11 Å². The van der Waals surface area contributed by atoms with Crippen molar-refractivity contribution < 1.29 is 9.53 Å². The van der Waals surface area contributed by atoms with Crippen LogP contribution in [0, 0.1) is 0 Å². The Bertz CT molecular complexity index is 470. The monoisotopic (exact) mass is 366 g/mol. The number of rotatable bonds is 7. The van der Waals surface area contributed by atoms with Crippen LogP contribution in [0.25, 0.3) is 10.4 Å². The van der Waals surface area contributed by atoms with Crippen molar-refractivity contribution >= 4 is 44.8 Å². The molecule has 0 amide bonds. The summed E-state index contributed by atoms with van der Waals surface area (Å²) >= 11 is 10.6. The zero-order valence-electron chi connectivity index (χ0n) is 10.1.